The highest BCUT2D eigenvalue weighted by molar-refractivity contribution is 5.85. The van der Waals surface area contributed by atoms with Gasteiger partial charge in [-0.25, -0.2) is 4.79 Å². The maximum Gasteiger partial charge on any atom is 0.371 e. The predicted molar refractivity (Wildman–Crippen MR) is 60.5 cm³/mol. The molecule has 1 rings (SSSR count). The Labute approximate surface area is 98.8 Å². The van der Waals surface area contributed by atoms with E-state index in [0.29, 0.717) is 17.9 Å². The molecular weight excluding hydrogens is 224 g/mol. The SMILES string of the molecule is Cc1oc(C(=O)O)cc1CNC(C)(C)C(N)=O. The number of carbonyl (C=O) groups excluding carboxylic acids is 1. The minimum atomic E-state index is -1.12. The largest absolute Gasteiger partial charge is 0.475 e. The number of amides is 1. The maximum atomic E-state index is 11.1. The highest BCUT2D eigenvalue weighted by Crippen LogP contribution is 2.15. The zero-order valence-corrected chi connectivity index (χ0v) is 10.0. The highest BCUT2D eigenvalue weighted by Gasteiger charge is 2.24. The van der Waals surface area contributed by atoms with Gasteiger partial charge in [0.25, 0.3) is 0 Å². The van der Waals surface area contributed by atoms with Gasteiger partial charge < -0.3 is 15.3 Å². The monoisotopic (exact) mass is 240 g/mol. The lowest BCUT2D eigenvalue weighted by Crippen LogP contribution is -2.50. The summed E-state index contributed by atoms with van der Waals surface area (Å²) in [6.45, 7) is 5.30. The Morgan fingerprint density at radius 3 is 2.53 bits per heavy atom. The van der Waals surface area contributed by atoms with Crippen LogP contribution in [0, 0.1) is 6.92 Å². The summed E-state index contributed by atoms with van der Waals surface area (Å²) in [5, 5.41) is 11.7. The fourth-order valence-electron chi connectivity index (χ4n) is 1.20. The summed E-state index contributed by atoms with van der Waals surface area (Å²) < 4.78 is 5.05. The molecule has 0 atom stereocenters. The Morgan fingerprint density at radius 1 is 1.53 bits per heavy atom. The van der Waals surface area contributed by atoms with Gasteiger partial charge in [-0.1, -0.05) is 0 Å². The predicted octanol–water partition coefficient (Wildman–Crippen LogP) is 0.640. The van der Waals surface area contributed by atoms with E-state index in [2.05, 4.69) is 5.32 Å². The van der Waals surface area contributed by atoms with Crippen molar-refractivity contribution in [1.29, 1.82) is 0 Å². The lowest BCUT2D eigenvalue weighted by molar-refractivity contribution is -0.123. The van der Waals surface area contributed by atoms with Gasteiger partial charge in [-0.2, -0.15) is 0 Å². The van der Waals surface area contributed by atoms with Crippen molar-refractivity contribution in [2.75, 3.05) is 0 Å². The molecule has 6 nitrogen and oxygen atoms in total. The van der Waals surface area contributed by atoms with E-state index in [0.717, 1.165) is 0 Å². The van der Waals surface area contributed by atoms with Crippen molar-refractivity contribution >= 4 is 11.9 Å². The molecule has 94 valence electrons. The molecule has 0 fully saturated rings. The van der Waals surface area contributed by atoms with Crippen LogP contribution in [-0.2, 0) is 11.3 Å². The quantitative estimate of drug-likeness (QED) is 0.700. The molecule has 0 unspecified atom stereocenters. The first-order valence-electron chi connectivity index (χ1n) is 5.11. The number of hydrogen-bond acceptors (Lipinski definition) is 4. The molecule has 0 spiro atoms. The molecule has 0 aliphatic carbocycles. The van der Waals surface area contributed by atoms with E-state index in [-0.39, 0.29) is 5.76 Å². The molecule has 0 aliphatic rings. The van der Waals surface area contributed by atoms with E-state index in [1.807, 2.05) is 0 Å². The number of furan rings is 1. The van der Waals surface area contributed by atoms with Crippen molar-refractivity contribution in [3.63, 3.8) is 0 Å². The van der Waals surface area contributed by atoms with E-state index in [1.54, 1.807) is 20.8 Å². The smallest absolute Gasteiger partial charge is 0.371 e. The van der Waals surface area contributed by atoms with Crippen LogP contribution in [0.4, 0.5) is 0 Å². The third kappa shape index (κ3) is 3.07. The van der Waals surface area contributed by atoms with Gasteiger partial charge in [-0.15, -0.1) is 0 Å². The molecule has 0 aliphatic heterocycles. The van der Waals surface area contributed by atoms with Crippen molar-refractivity contribution in [1.82, 2.24) is 5.32 Å². The van der Waals surface area contributed by atoms with Crippen LogP contribution < -0.4 is 11.1 Å². The van der Waals surface area contributed by atoms with Gasteiger partial charge in [0.05, 0.1) is 5.54 Å². The Morgan fingerprint density at radius 2 is 2.12 bits per heavy atom. The number of carbonyl (C=O) groups is 2. The number of carboxylic acids is 1. The van der Waals surface area contributed by atoms with Crippen molar-refractivity contribution in [2.45, 2.75) is 32.9 Å². The van der Waals surface area contributed by atoms with Crippen LogP contribution in [0.5, 0.6) is 0 Å². The minimum Gasteiger partial charge on any atom is -0.475 e. The highest BCUT2D eigenvalue weighted by atomic mass is 16.4. The molecule has 4 N–H and O–H groups in total. The third-order valence-electron chi connectivity index (χ3n) is 2.57. The van der Waals surface area contributed by atoms with Gasteiger partial charge in [-0.05, 0) is 26.8 Å². The van der Waals surface area contributed by atoms with E-state index < -0.39 is 17.4 Å². The molecule has 0 aromatic carbocycles. The molecule has 6 heteroatoms. The Balaban J connectivity index is 2.76. The van der Waals surface area contributed by atoms with Crippen molar-refractivity contribution in [3.05, 3.63) is 23.2 Å². The van der Waals surface area contributed by atoms with E-state index in [1.165, 1.54) is 6.07 Å². The first kappa shape index (κ1) is 13.2. The van der Waals surface area contributed by atoms with Crippen LogP contribution >= 0.6 is 0 Å². The summed E-state index contributed by atoms with van der Waals surface area (Å²) in [5.41, 5.74) is 5.04. The molecule has 1 amide bonds. The second-order valence-corrected chi connectivity index (χ2v) is 4.34. The van der Waals surface area contributed by atoms with Crippen molar-refractivity contribution < 1.29 is 19.1 Å². The average molecular weight is 240 g/mol. The normalized spacial score (nSPS) is 11.5. The topological polar surface area (TPSA) is 106 Å². The summed E-state index contributed by atoms with van der Waals surface area (Å²) in [4.78, 5) is 21.8. The zero-order valence-electron chi connectivity index (χ0n) is 10.0. The van der Waals surface area contributed by atoms with Crippen molar-refractivity contribution in [3.8, 4) is 0 Å². The number of rotatable bonds is 5. The van der Waals surface area contributed by atoms with Crippen LogP contribution in [0.3, 0.4) is 0 Å². The number of aryl methyl sites for hydroxylation is 1. The zero-order chi connectivity index (χ0) is 13.2. The number of hydrogen-bond donors (Lipinski definition) is 3. The Kier molecular flexibility index (Phi) is 3.57. The Hall–Kier alpha value is -1.82. The summed E-state index contributed by atoms with van der Waals surface area (Å²) >= 11 is 0. The molecule has 1 aromatic heterocycles. The molecule has 0 bridgehead atoms. The van der Waals surface area contributed by atoms with E-state index in [9.17, 15) is 9.59 Å². The van der Waals surface area contributed by atoms with Crippen LogP contribution in [0.1, 0.15) is 35.7 Å². The minimum absolute atomic E-state index is 0.115. The van der Waals surface area contributed by atoms with Crippen LogP contribution in [0.25, 0.3) is 0 Å². The van der Waals surface area contributed by atoms with E-state index >= 15 is 0 Å². The number of primary amides is 1. The molecule has 17 heavy (non-hydrogen) atoms. The lowest BCUT2D eigenvalue weighted by atomic mass is 10.0. The summed E-state index contributed by atoms with van der Waals surface area (Å²) in [6, 6.07) is 1.43. The number of nitrogens with two attached hydrogens (primary N) is 1. The van der Waals surface area contributed by atoms with Gasteiger partial charge in [0.15, 0.2) is 0 Å². The fraction of sp³-hybridized carbons (Fsp3) is 0.455. The standard InChI is InChI=1S/C11H16N2O4/c1-6-7(4-8(17-6)9(14)15)5-13-11(2,3)10(12)16/h4,13H,5H2,1-3H3,(H2,12,16)(H,14,15). The Bertz CT molecular complexity index is 448. The van der Waals surface area contributed by atoms with Crippen LogP contribution in [-0.4, -0.2) is 22.5 Å². The first-order valence-corrected chi connectivity index (χ1v) is 5.11. The van der Waals surface area contributed by atoms with Gasteiger partial charge in [-0.3, -0.25) is 10.1 Å². The maximum absolute atomic E-state index is 11.1. The lowest BCUT2D eigenvalue weighted by Gasteiger charge is -2.21. The van der Waals surface area contributed by atoms with E-state index in [4.69, 9.17) is 15.3 Å². The molecule has 1 aromatic rings. The first-order chi connectivity index (χ1) is 7.74. The summed E-state index contributed by atoms with van der Waals surface area (Å²) in [5.74, 6) is -1.20. The summed E-state index contributed by atoms with van der Waals surface area (Å²) in [6.07, 6.45) is 0. The molecular formula is C11H16N2O4. The van der Waals surface area contributed by atoms with Gasteiger partial charge >= 0.3 is 5.97 Å². The molecule has 0 saturated carbocycles. The molecule has 0 saturated heterocycles. The second kappa shape index (κ2) is 4.58. The summed E-state index contributed by atoms with van der Waals surface area (Å²) in [7, 11) is 0. The van der Waals surface area contributed by atoms with Gasteiger partial charge in [0, 0.05) is 12.1 Å². The van der Waals surface area contributed by atoms with Crippen molar-refractivity contribution in [2.24, 2.45) is 5.73 Å². The average Bonchev–Trinajstić information content (AvgIpc) is 2.57. The van der Waals surface area contributed by atoms with Gasteiger partial charge in [0.1, 0.15) is 5.76 Å². The molecule has 1 heterocycles. The fourth-order valence-corrected chi connectivity index (χ4v) is 1.20. The second-order valence-electron chi connectivity index (χ2n) is 4.34. The van der Waals surface area contributed by atoms with Crippen LogP contribution in [0.15, 0.2) is 10.5 Å². The number of aromatic carboxylic acids is 1. The number of carboxylic acid groups (broad SMARTS) is 1. The molecule has 0 radical (unpaired) electrons. The number of nitrogens with one attached hydrogen (secondary N) is 1. The van der Waals surface area contributed by atoms with Crippen LogP contribution in [0.2, 0.25) is 0 Å². The van der Waals surface area contributed by atoms with Gasteiger partial charge in [0.2, 0.25) is 11.7 Å². The third-order valence-corrected chi connectivity index (χ3v) is 2.57.